The van der Waals surface area contributed by atoms with E-state index in [4.69, 9.17) is 9.73 Å². The molecular weight excluding hydrogens is 445 g/mol. The molecule has 146 valence electrons. The summed E-state index contributed by atoms with van der Waals surface area (Å²) in [6.45, 7) is 4.73. The Morgan fingerprint density at radius 1 is 1.35 bits per heavy atom. The minimum Gasteiger partial charge on any atom is -0.385 e. The van der Waals surface area contributed by atoms with Crippen LogP contribution in [0.1, 0.15) is 23.8 Å². The van der Waals surface area contributed by atoms with Crippen molar-refractivity contribution in [1.29, 1.82) is 0 Å². The van der Waals surface area contributed by atoms with E-state index in [1.165, 1.54) is 5.69 Å². The standard InChI is InChI=1S/C17H29N7O.HI/c1-14-20-21-16(24(14)4)12-19-17(18-9-7-11-25-5)23(3)13-15-8-6-10-22(15)2;/h6,8,10H,7,9,11-13H2,1-5H3,(H,18,19);1H. The zero-order valence-corrected chi connectivity index (χ0v) is 18.6. The molecule has 0 bridgehead atoms. The molecular formula is C17H30IN7O. The van der Waals surface area contributed by atoms with Crippen LogP contribution < -0.4 is 5.32 Å². The van der Waals surface area contributed by atoms with Gasteiger partial charge >= 0.3 is 0 Å². The van der Waals surface area contributed by atoms with Gasteiger partial charge in [0, 0.05) is 53.3 Å². The maximum absolute atomic E-state index is 5.11. The lowest BCUT2D eigenvalue weighted by Gasteiger charge is -2.23. The molecule has 0 atom stereocenters. The Morgan fingerprint density at radius 2 is 2.12 bits per heavy atom. The second-order valence-corrected chi connectivity index (χ2v) is 6.10. The monoisotopic (exact) mass is 475 g/mol. The van der Waals surface area contributed by atoms with Crippen LogP contribution in [0.4, 0.5) is 0 Å². The van der Waals surface area contributed by atoms with E-state index in [1.807, 2.05) is 44.9 Å². The number of rotatable bonds is 8. The molecule has 0 aliphatic rings. The Morgan fingerprint density at radius 3 is 2.69 bits per heavy atom. The average molecular weight is 475 g/mol. The molecule has 0 saturated heterocycles. The topological polar surface area (TPSA) is 72.5 Å². The van der Waals surface area contributed by atoms with E-state index in [-0.39, 0.29) is 24.0 Å². The first-order chi connectivity index (χ1) is 12.0. The normalized spacial score (nSPS) is 11.3. The van der Waals surface area contributed by atoms with Crippen molar-refractivity contribution in [2.24, 2.45) is 19.1 Å². The first-order valence-electron chi connectivity index (χ1n) is 8.46. The molecule has 9 heteroatoms. The lowest BCUT2D eigenvalue weighted by atomic mass is 10.4. The van der Waals surface area contributed by atoms with Crippen molar-refractivity contribution in [2.45, 2.75) is 26.4 Å². The number of guanidine groups is 1. The van der Waals surface area contributed by atoms with Gasteiger partial charge < -0.3 is 24.1 Å². The lowest BCUT2D eigenvalue weighted by Crippen LogP contribution is -2.39. The van der Waals surface area contributed by atoms with Gasteiger partial charge in [0.15, 0.2) is 11.8 Å². The molecule has 0 aromatic carbocycles. The Balaban J connectivity index is 0.00000338. The van der Waals surface area contributed by atoms with Gasteiger partial charge in [-0.05, 0) is 25.5 Å². The summed E-state index contributed by atoms with van der Waals surface area (Å²) < 4.78 is 9.19. The van der Waals surface area contributed by atoms with Gasteiger partial charge in [0.25, 0.3) is 0 Å². The Labute approximate surface area is 172 Å². The van der Waals surface area contributed by atoms with Gasteiger partial charge in [0.05, 0.1) is 6.54 Å². The van der Waals surface area contributed by atoms with Crippen molar-refractivity contribution >= 4 is 29.9 Å². The molecule has 2 rings (SSSR count). The Bertz CT molecular complexity index is 695. The van der Waals surface area contributed by atoms with Gasteiger partial charge in [-0.3, -0.25) is 0 Å². The number of hydrogen-bond acceptors (Lipinski definition) is 4. The Hall–Kier alpha value is -1.62. The van der Waals surface area contributed by atoms with Crippen molar-refractivity contribution < 1.29 is 4.74 Å². The minimum absolute atomic E-state index is 0. The van der Waals surface area contributed by atoms with Crippen molar-refractivity contribution in [3.8, 4) is 0 Å². The number of aryl methyl sites for hydroxylation is 2. The number of aliphatic imine (C=N–C) groups is 1. The van der Waals surface area contributed by atoms with Gasteiger partial charge in [-0.1, -0.05) is 0 Å². The third-order valence-corrected chi connectivity index (χ3v) is 4.17. The maximum Gasteiger partial charge on any atom is 0.194 e. The second-order valence-electron chi connectivity index (χ2n) is 6.10. The van der Waals surface area contributed by atoms with Crippen molar-refractivity contribution in [3.05, 3.63) is 35.7 Å². The predicted molar refractivity (Wildman–Crippen MR) is 114 cm³/mol. The lowest BCUT2D eigenvalue weighted by molar-refractivity contribution is 0.195. The van der Waals surface area contributed by atoms with Gasteiger partial charge in [0.1, 0.15) is 12.4 Å². The molecule has 1 N–H and O–H groups in total. The largest absolute Gasteiger partial charge is 0.385 e. The molecule has 0 fully saturated rings. The summed E-state index contributed by atoms with van der Waals surface area (Å²) in [5, 5.41) is 11.7. The summed E-state index contributed by atoms with van der Waals surface area (Å²) >= 11 is 0. The quantitative estimate of drug-likeness (QED) is 0.272. The first kappa shape index (κ1) is 22.4. The average Bonchev–Trinajstić information content (AvgIpc) is 3.14. The van der Waals surface area contributed by atoms with E-state index in [0.29, 0.717) is 6.54 Å². The molecule has 26 heavy (non-hydrogen) atoms. The highest BCUT2D eigenvalue weighted by atomic mass is 127. The van der Waals surface area contributed by atoms with Crippen LogP contribution in [0.15, 0.2) is 23.3 Å². The SMILES string of the molecule is COCCCNC(=NCc1nnc(C)n1C)N(C)Cc1cccn1C.I. The van der Waals surface area contributed by atoms with Crippen molar-refractivity contribution in [3.63, 3.8) is 0 Å². The third-order valence-electron chi connectivity index (χ3n) is 4.17. The van der Waals surface area contributed by atoms with Crippen LogP contribution in [0, 0.1) is 6.92 Å². The molecule has 0 aliphatic heterocycles. The van der Waals surface area contributed by atoms with E-state index in [1.54, 1.807) is 7.11 Å². The fourth-order valence-electron chi connectivity index (χ4n) is 2.44. The number of methoxy groups -OCH3 is 1. The molecule has 2 aromatic heterocycles. The fourth-order valence-corrected chi connectivity index (χ4v) is 2.44. The van der Waals surface area contributed by atoms with Gasteiger partial charge in [-0.2, -0.15) is 0 Å². The summed E-state index contributed by atoms with van der Waals surface area (Å²) in [6, 6.07) is 4.17. The van der Waals surface area contributed by atoms with Crippen LogP contribution >= 0.6 is 24.0 Å². The van der Waals surface area contributed by atoms with Crippen LogP contribution in [-0.2, 0) is 31.9 Å². The molecule has 0 unspecified atom stereocenters. The van der Waals surface area contributed by atoms with Gasteiger partial charge in [-0.25, -0.2) is 4.99 Å². The summed E-state index contributed by atoms with van der Waals surface area (Å²) in [7, 11) is 7.76. The number of nitrogens with zero attached hydrogens (tertiary/aromatic N) is 6. The zero-order valence-electron chi connectivity index (χ0n) is 16.3. The smallest absolute Gasteiger partial charge is 0.194 e. The Kier molecular flexibility index (Phi) is 9.63. The molecule has 0 aliphatic carbocycles. The minimum atomic E-state index is 0. The van der Waals surface area contributed by atoms with E-state index < -0.39 is 0 Å². The fraction of sp³-hybridized carbons (Fsp3) is 0.588. The summed E-state index contributed by atoms with van der Waals surface area (Å²) in [6.07, 6.45) is 2.98. The van der Waals surface area contributed by atoms with E-state index in [2.05, 4.69) is 31.0 Å². The van der Waals surface area contributed by atoms with Crippen LogP contribution in [0.3, 0.4) is 0 Å². The number of aromatic nitrogens is 4. The van der Waals surface area contributed by atoms with E-state index in [9.17, 15) is 0 Å². The summed E-state index contributed by atoms with van der Waals surface area (Å²) in [5.41, 5.74) is 1.23. The van der Waals surface area contributed by atoms with Crippen LogP contribution in [0.25, 0.3) is 0 Å². The zero-order chi connectivity index (χ0) is 18.2. The van der Waals surface area contributed by atoms with Crippen LogP contribution in [-0.4, -0.2) is 57.5 Å². The van der Waals surface area contributed by atoms with Crippen LogP contribution in [0.2, 0.25) is 0 Å². The van der Waals surface area contributed by atoms with E-state index >= 15 is 0 Å². The molecule has 0 saturated carbocycles. The highest BCUT2D eigenvalue weighted by Crippen LogP contribution is 2.05. The number of nitrogens with one attached hydrogen (secondary N) is 1. The molecule has 8 nitrogen and oxygen atoms in total. The van der Waals surface area contributed by atoms with E-state index in [0.717, 1.165) is 43.7 Å². The van der Waals surface area contributed by atoms with Crippen molar-refractivity contribution in [1.82, 2.24) is 29.5 Å². The second kappa shape index (κ2) is 11.2. The highest BCUT2D eigenvalue weighted by Gasteiger charge is 2.10. The molecule has 2 aromatic rings. The first-order valence-corrected chi connectivity index (χ1v) is 8.46. The number of hydrogen-bond donors (Lipinski definition) is 1. The van der Waals surface area contributed by atoms with Crippen LogP contribution in [0.5, 0.6) is 0 Å². The van der Waals surface area contributed by atoms with Gasteiger partial charge in [-0.15, -0.1) is 34.2 Å². The predicted octanol–water partition coefficient (Wildman–Crippen LogP) is 1.69. The molecule has 2 heterocycles. The number of halogens is 1. The summed E-state index contributed by atoms with van der Waals surface area (Å²) in [4.78, 5) is 6.85. The maximum atomic E-state index is 5.11. The number of ether oxygens (including phenoxy) is 1. The summed E-state index contributed by atoms with van der Waals surface area (Å²) in [5.74, 6) is 2.58. The highest BCUT2D eigenvalue weighted by molar-refractivity contribution is 14.0. The molecule has 0 spiro atoms. The van der Waals surface area contributed by atoms with Gasteiger partial charge in [0.2, 0.25) is 0 Å². The third kappa shape index (κ3) is 6.27. The van der Waals surface area contributed by atoms with Crippen molar-refractivity contribution in [2.75, 3.05) is 27.3 Å². The molecule has 0 radical (unpaired) electrons. The molecule has 0 amide bonds.